The normalized spacial score (nSPS) is 11.4. The highest BCUT2D eigenvalue weighted by atomic mass is 35.5. The number of nitriles is 1. The van der Waals surface area contributed by atoms with Crippen LogP contribution in [0.5, 0.6) is 11.5 Å². The van der Waals surface area contributed by atoms with Gasteiger partial charge in [-0.15, -0.1) is 0 Å². The van der Waals surface area contributed by atoms with Crippen LogP contribution in [-0.4, -0.2) is 52.5 Å². The van der Waals surface area contributed by atoms with Crippen LogP contribution < -0.4 is 15.4 Å². The predicted octanol–water partition coefficient (Wildman–Crippen LogP) is 5.28. The molecule has 0 saturated heterocycles. The summed E-state index contributed by atoms with van der Waals surface area (Å²) < 4.78 is 7.84. The van der Waals surface area contributed by atoms with Crippen molar-refractivity contribution in [2.24, 2.45) is 7.05 Å². The van der Waals surface area contributed by atoms with Gasteiger partial charge in [0.1, 0.15) is 23.3 Å². The molecule has 0 radical (unpaired) electrons. The molecule has 0 aliphatic heterocycles. The van der Waals surface area contributed by atoms with Gasteiger partial charge in [0.15, 0.2) is 5.82 Å². The largest absolute Gasteiger partial charge is 0.456 e. The number of anilines is 2. The predicted molar refractivity (Wildman–Crippen MR) is 154 cm³/mol. The fourth-order valence-electron chi connectivity index (χ4n) is 3.77. The molecule has 0 aliphatic carbocycles. The Morgan fingerprint density at radius 2 is 2.03 bits per heavy atom. The average molecular weight is 542 g/mol. The quantitative estimate of drug-likeness (QED) is 0.263. The Bertz CT molecular complexity index is 1580. The van der Waals surface area contributed by atoms with Crippen LogP contribution in [0.4, 0.5) is 11.5 Å². The molecule has 9 nitrogen and oxygen atoms in total. The molecule has 1 amide bonds. The summed E-state index contributed by atoms with van der Waals surface area (Å²) in [6.45, 7) is 1.11. The van der Waals surface area contributed by atoms with Gasteiger partial charge in [0, 0.05) is 37.6 Å². The summed E-state index contributed by atoms with van der Waals surface area (Å²) in [7, 11) is 5.82. The lowest BCUT2D eigenvalue weighted by atomic mass is 10.2. The molecule has 2 aromatic carbocycles. The maximum absolute atomic E-state index is 11.9. The summed E-state index contributed by atoms with van der Waals surface area (Å²) in [6, 6.07) is 16.3. The van der Waals surface area contributed by atoms with Crippen LogP contribution in [0, 0.1) is 11.3 Å². The molecule has 10 heteroatoms. The zero-order valence-corrected chi connectivity index (χ0v) is 22.6. The molecule has 0 saturated carbocycles. The van der Waals surface area contributed by atoms with Crippen molar-refractivity contribution in [2.45, 2.75) is 0 Å². The third kappa shape index (κ3) is 7.23. The molecule has 0 unspecified atom stereocenters. The third-order valence-corrected chi connectivity index (χ3v) is 5.96. The van der Waals surface area contributed by atoms with E-state index in [0.717, 1.165) is 22.4 Å². The van der Waals surface area contributed by atoms with Gasteiger partial charge in [-0.1, -0.05) is 29.8 Å². The number of carbonyl (C=O) groups is 1. The number of likely N-dealkylation sites (N-methyl/N-ethyl adjacent to an activating group) is 1. The molecule has 0 aliphatic rings. The van der Waals surface area contributed by atoms with E-state index in [0.29, 0.717) is 41.0 Å². The zero-order chi connectivity index (χ0) is 27.8. The Balaban J connectivity index is 1.45. The molecule has 2 heterocycles. The van der Waals surface area contributed by atoms with Crippen molar-refractivity contribution < 1.29 is 9.53 Å². The maximum Gasteiger partial charge on any atom is 0.243 e. The zero-order valence-electron chi connectivity index (χ0n) is 21.9. The lowest BCUT2D eigenvalue weighted by Gasteiger charge is -2.12. The van der Waals surface area contributed by atoms with Gasteiger partial charge in [-0.25, -0.2) is 9.97 Å². The number of benzene rings is 2. The van der Waals surface area contributed by atoms with Crippen LogP contribution in [0.1, 0.15) is 11.3 Å². The van der Waals surface area contributed by atoms with E-state index >= 15 is 0 Å². The number of hydrogen-bond donors (Lipinski definition) is 2. The summed E-state index contributed by atoms with van der Waals surface area (Å²) in [5.74, 6) is 1.48. The van der Waals surface area contributed by atoms with Crippen LogP contribution in [0.3, 0.4) is 0 Å². The second-order valence-electron chi connectivity index (χ2n) is 8.91. The number of rotatable bonds is 10. The van der Waals surface area contributed by atoms with Crippen LogP contribution >= 0.6 is 11.6 Å². The first-order valence-corrected chi connectivity index (χ1v) is 12.5. The maximum atomic E-state index is 11.9. The monoisotopic (exact) mass is 541 g/mol. The summed E-state index contributed by atoms with van der Waals surface area (Å²) in [6.07, 6.45) is 8.67. The molecule has 198 valence electrons. The number of fused-ring (bicyclic) bond motifs is 1. The second kappa shape index (κ2) is 12.7. The van der Waals surface area contributed by atoms with Gasteiger partial charge in [0.05, 0.1) is 22.2 Å². The van der Waals surface area contributed by atoms with Gasteiger partial charge < -0.3 is 24.8 Å². The van der Waals surface area contributed by atoms with Crippen molar-refractivity contribution in [1.29, 1.82) is 5.26 Å². The molecule has 4 aromatic rings. The van der Waals surface area contributed by atoms with Crippen molar-refractivity contribution in [3.05, 3.63) is 89.4 Å². The van der Waals surface area contributed by atoms with E-state index in [4.69, 9.17) is 21.6 Å². The number of aromatic nitrogens is 3. The number of nitrogens with one attached hydrogen (secondary N) is 2. The van der Waals surface area contributed by atoms with Gasteiger partial charge in [-0.3, -0.25) is 4.79 Å². The lowest BCUT2D eigenvalue weighted by molar-refractivity contribution is -0.116. The van der Waals surface area contributed by atoms with E-state index < -0.39 is 0 Å². The van der Waals surface area contributed by atoms with E-state index in [9.17, 15) is 4.79 Å². The lowest BCUT2D eigenvalue weighted by Crippen LogP contribution is -2.21. The highest BCUT2D eigenvalue weighted by Crippen LogP contribution is 2.34. The van der Waals surface area contributed by atoms with E-state index in [1.54, 1.807) is 36.4 Å². The Morgan fingerprint density at radius 1 is 1.18 bits per heavy atom. The number of nitrogens with zero attached hydrogens (tertiary/aromatic N) is 5. The first-order valence-electron chi connectivity index (χ1n) is 12.1. The summed E-state index contributed by atoms with van der Waals surface area (Å²) in [5, 5.41) is 15.7. The van der Waals surface area contributed by atoms with Crippen molar-refractivity contribution >= 4 is 46.1 Å². The van der Waals surface area contributed by atoms with Crippen molar-refractivity contribution in [2.75, 3.05) is 32.5 Å². The Kier molecular flexibility index (Phi) is 8.94. The first kappa shape index (κ1) is 27.4. The number of carbonyl (C=O) groups excluding carboxylic acids is 1. The van der Waals surface area contributed by atoms with Gasteiger partial charge in [-0.05, 0) is 62.6 Å². The second-order valence-corrected chi connectivity index (χ2v) is 9.32. The fraction of sp³-hybridized carbons (Fsp3) is 0.172. The average Bonchev–Trinajstić information content (AvgIpc) is 3.24. The summed E-state index contributed by atoms with van der Waals surface area (Å²) >= 11 is 6.49. The Labute approximate surface area is 232 Å². The minimum absolute atomic E-state index is 0.137. The van der Waals surface area contributed by atoms with E-state index in [1.807, 2.05) is 61.0 Å². The SMILES string of the molecule is CN(C)C/C=C/C(=O)NC/C=C/c1cc2ncnc(Nc3ccc(Oc4cccc(C#N)c4)c(Cl)c3)c2n1C. The van der Waals surface area contributed by atoms with Gasteiger partial charge in [0.25, 0.3) is 0 Å². The molecule has 2 N–H and O–H groups in total. The van der Waals surface area contributed by atoms with Gasteiger partial charge in [0.2, 0.25) is 5.91 Å². The van der Waals surface area contributed by atoms with Gasteiger partial charge >= 0.3 is 0 Å². The number of aryl methyl sites for hydroxylation is 1. The number of halogens is 1. The number of ether oxygens (including phenoxy) is 1. The van der Waals surface area contributed by atoms with E-state index in [-0.39, 0.29) is 5.91 Å². The van der Waals surface area contributed by atoms with Crippen molar-refractivity contribution in [3.63, 3.8) is 0 Å². The topological polar surface area (TPSA) is 108 Å². The Morgan fingerprint density at radius 3 is 2.79 bits per heavy atom. The van der Waals surface area contributed by atoms with Crippen LogP contribution in [0.2, 0.25) is 5.02 Å². The molecular weight excluding hydrogens is 514 g/mol. The molecule has 0 spiro atoms. The molecule has 4 rings (SSSR count). The minimum atomic E-state index is -0.137. The van der Waals surface area contributed by atoms with Crippen LogP contribution in [0.15, 0.2) is 73.1 Å². The summed E-state index contributed by atoms with van der Waals surface area (Å²) in [5.41, 5.74) is 3.73. The third-order valence-electron chi connectivity index (χ3n) is 5.67. The first-order chi connectivity index (χ1) is 18.8. The van der Waals surface area contributed by atoms with E-state index in [1.165, 1.54) is 12.4 Å². The molecule has 39 heavy (non-hydrogen) atoms. The number of hydrogen-bond acceptors (Lipinski definition) is 7. The van der Waals surface area contributed by atoms with Crippen LogP contribution in [0.25, 0.3) is 17.1 Å². The Hall–Kier alpha value is -4.65. The van der Waals surface area contributed by atoms with Crippen molar-refractivity contribution in [3.8, 4) is 17.6 Å². The molecule has 0 bridgehead atoms. The highest BCUT2D eigenvalue weighted by Gasteiger charge is 2.12. The summed E-state index contributed by atoms with van der Waals surface area (Å²) in [4.78, 5) is 22.7. The van der Waals surface area contributed by atoms with Crippen LogP contribution in [-0.2, 0) is 11.8 Å². The van der Waals surface area contributed by atoms with E-state index in [2.05, 4.69) is 26.7 Å². The smallest absolute Gasteiger partial charge is 0.243 e. The molecular formula is C29H28ClN7O2. The fourth-order valence-corrected chi connectivity index (χ4v) is 3.99. The molecule has 0 fully saturated rings. The minimum Gasteiger partial charge on any atom is -0.456 e. The van der Waals surface area contributed by atoms with Crippen molar-refractivity contribution in [1.82, 2.24) is 24.8 Å². The molecule has 0 atom stereocenters. The standard InChI is InChI=1S/C29H28ClN7O2/c1-36(2)14-6-10-27(38)32-13-5-8-22-17-25-28(37(22)3)29(34-19-33-25)35-21-11-12-26(24(30)16-21)39-23-9-4-7-20(15-23)18-31/h4-12,15-17,19H,13-14H2,1-3H3,(H,32,38)(H,33,34,35)/b8-5+,10-6+. The molecule has 2 aromatic heterocycles. The number of amides is 1. The van der Waals surface area contributed by atoms with Gasteiger partial charge in [-0.2, -0.15) is 5.26 Å². The highest BCUT2D eigenvalue weighted by molar-refractivity contribution is 6.32.